The van der Waals surface area contributed by atoms with Crippen molar-refractivity contribution < 1.29 is 4.21 Å². The van der Waals surface area contributed by atoms with Crippen LogP contribution in [0.3, 0.4) is 0 Å². The Morgan fingerprint density at radius 2 is 2.25 bits per heavy atom. The molecule has 2 N–H and O–H groups in total. The van der Waals surface area contributed by atoms with E-state index >= 15 is 0 Å². The Morgan fingerprint density at radius 3 is 2.38 bits per heavy atom. The molecule has 0 bridgehead atoms. The Labute approximate surface area is 56.3 Å². The predicted molar refractivity (Wildman–Crippen MR) is 38.9 cm³/mol. The molecule has 0 aliphatic heterocycles. The molecule has 0 rings (SSSR count). The predicted octanol–water partition coefficient (Wildman–Crippen LogP) is -0.626. The summed E-state index contributed by atoms with van der Waals surface area (Å²) in [5, 5.41) is 0. The third-order valence-corrected chi connectivity index (χ3v) is 1.92. The van der Waals surface area contributed by atoms with Gasteiger partial charge in [0.15, 0.2) is 4.32 Å². The second-order valence-corrected chi connectivity index (χ2v) is 3.10. The highest BCUT2D eigenvalue weighted by atomic mass is 32.2. The van der Waals surface area contributed by atoms with Crippen LogP contribution in [0.5, 0.6) is 0 Å². The van der Waals surface area contributed by atoms with Crippen LogP contribution in [-0.4, -0.2) is 21.8 Å². The van der Waals surface area contributed by atoms with Crippen LogP contribution >= 0.6 is 12.2 Å². The van der Waals surface area contributed by atoms with Crippen LogP contribution in [0.1, 0.15) is 0 Å². The highest BCUT2D eigenvalue weighted by Crippen LogP contribution is 1.73. The molecule has 1 unspecified atom stereocenters. The van der Waals surface area contributed by atoms with Gasteiger partial charge in [0.2, 0.25) is 0 Å². The minimum Gasteiger partial charge on any atom is -0.305 e. The molecule has 5 heteroatoms. The van der Waals surface area contributed by atoms with E-state index < -0.39 is 10.8 Å². The largest absolute Gasteiger partial charge is 0.305 e. The molecule has 0 aromatic heterocycles. The summed E-state index contributed by atoms with van der Waals surface area (Å²) in [4.78, 5) is 0. The number of nitrogens with one attached hydrogen (secondary N) is 2. The van der Waals surface area contributed by atoms with Gasteiger partial charge in [-0.2, -0.15) is 0 Å². The van der Waals surface area contributed by atoms with Crippen LogP contribution in [-0.2, 0) is 10.8 Å². The third-order valence-electron chi connectivity index (χ3n) is 0.488. The second-order valence-electron chi connectivity index (χ2n) is 1.12. The van der Waals surface area contributed by atoms with Gasteiger partial charge in [-0.25, -0.2) is 5.43 Å². The lowest BCUT2D eigenvalue weighted by Gasteiger charge is -1.99. The van der Waals surface area contributed by atoms with Gasteiger partial charge in [-0.15, -0.1) is 0 Å². The first-order valence-electron chi connectivity index (χ1n) is 1.98. The zero-order valence-electron chi connectivity index (χ0n) is 4.72. The molecule has 0 saturated carbocycles. The van der Waals surface area contributed by atoms with Crippen molar-refractivity contribution >= 4 is 27.3 Å². The van der Waals surface area contributed by atoms with E-state index in [1.54, 1.807) is 7.05 Å². The number of hydrogen-bond acceptors (Lipinski definition) is 3. The number of hydrogen-bond donors (Lipinski definition) is 2. The molecule has 0 radical (unpaired) electrons. The van der Waals surface area contributed by atoms with Crippen molar-refractivity contribution in [3.05, 3.63) is 0 Å². The van der Waals surface area contributed by atoms with Crippen LogP contribution in [0.25, 0.3) is 0 Å². The number of hydrazine groups is 1. The van der Waals surface area contributed by atoms with Crippen LogP contribution < -0.4 is 10.9 Å². The van der Waals surface area contributed by atoms with Gasteiger partial charge in [-0.1, -0.05) is 0 Å². The summed E-state index contributed by atoms with van der Waals surface area (Å²) < 4.78 is 10.7. The van der Waals surface area contributed by atoms with Gasteiger partial charge in [0.05, 0.1) is 10.8 Å². The maximum Gasteiger partial charge on any atom is 0.178 e. The lowest BCUT2D eigenvalue weighted by molar-refractivity contribution is 0.690. The highest BCUT2D eigenvalue weighted by molar-refractivity contribution is 8.12. The average Bonchev–Trinajstić information content (AvgIpc) is 1.67. The van der Waals surface area contributed by atoms with Crippen LogP contribution in [0.15, 0.2) is 0 Å². The quantitative estimate of drug-likeness (QED) is 0.388. The monoisotopic (exact) mass is 152 g/mol. The molecule has 0 spiro atoms. The van der Waals surface area contributed by atoms with Gasteiger partial charge in [-0.05, 0) is 12.2 Å². The Morgan fingerprint density at radius 1 is 1.75 bits per heavy atom. The van der Waals surface area contributed by atoms with E-state index in [-0.39, 0.29) is 0 Å². The van der Waals surface area contributed by atoms with Crippen molar-refractivity contribution in [3.63, 3.8) is 0 Å². The van der Waals surface area contributed by atoms with Gasteiger partial charge in [0.1, 0.15) is 0 Å². The fourth-order valence-electron chi connectivity index (χ4n) is 0.174. The molecule has 8 heavy (non-hydrogen) atoms. The third kappa shape index (κ3) is 3.06. The molecule has 0 amide bonds. The van der Waals surface area contributed by atoms with Gasteiger partial charge in [-0.3, -0.25) is 4.21 Å². The zero-order chi connectivity index (χ0) is 6.57. The lowest BCUT2D eigenvalue weighted by Crippen LogP contribution is -2.34. The topological polar surface area (TPSA) is 41.1 Å². The van der Waals surface area contributed by atoms with Crippen molar-refractivity contribution in [2.45, 2.75) is 0 Å². The highest BCUT2D eigenvalue weighted by Gasteiger charge is 1.94. The Hall–Kier alpha value is -0.0000000000000000278. The van der Waals surface area contributed by atoms with E-state index in [2.05, 4.69) is 23.1 Å². The summed E-state index contributed by atoms with van der Waals surface area (Å²) in [6.45, 7) is 0. The Balaban J connectivity index is 3.49. The fourth-order valence-corrected chi connectivity index (χ4v) is 0.522. The Bertz CT molecular complexity index is 114. The maximum absolute atomic E-state index is 10.4. The molecular formula is C3H8N2OS2. The van der Waals surface area contributed by atoms with Crippen molar-refractivity contribution in [2.75, 3.05) is 13.3 Å². The smallest absolute Gasteiger partial charge is 0.178 e. The molecule has 0 aliphatic rings. The molecule has 1 atom stereocenters. The van der Waals surface area contributed by atoms with E-state index in [9.17, 15) is 4.21 Å². The summed E-state index contributed by atoms with van der Waals surface area (Å²) >= 11 is 4.60. The molecule has 48 valence electrons. The van der Waals surface area contributed by atoms with Gasteiger partial charge >= 0.3 is 0 Å². The van der Waals surface area contributed by atoms with E-state index in [0.717, 1.165) is 0 Å². The normalized spacial score (nSPS) is 12.8. The first-order valence-corrected chi connectivity index (χ1v) is 3.95. The molecule has 3 nitrogen and oxygen atoms in total. The molecule has 0 saturated heterocycles. The van der Waals surface area contributed by atoms with Crippen LogP contribution in [0.4, 0.5) is 0 Å². The maximum atomic E-state index is 10.4. The molecule has 0 aliphatic carbocycles. The summed E-state index contributed by atoms with van der Waals surface area (Å²) in [5.41, 5.74) is 5.09. The van der Waals surface area contributed by atoms with Crippen molar-refractivity contribution in [2.24, 2.45) is 0 Å². The first kappa shape index (κ1) is 8.00. The summed E-state index contributed by atoms with van der Waals surface area (Å²) in [5.74, 6) is 0. The van der Waals surface area contributed by atoms with Crippen molar-refractivity contribution in [3.8, 4) is 0 Å². The van der Waals surface area contributed by atoms with E-state index in [4.69, 9.17) is 0 Å². The van der Waals surface area contributed by atoms with Crippen LogP contribution in [0.2, 0.25) is 0 Å². The Kier molecular flexibility index (Phi) is 3.94. The lowest BCUT2D eigenvalue weighted by atomic mass is 11.4. The minimum absolute atomic E-state index is 0.326. The summed E-state index contributed by atoms with van der Waals surface area (Å²) in [7, 11) is 0.614. The average molecular weight is 152 g/mol. The fraction of sp³-hybridized carbons (Fsp3) is 0.667. The molecule has 0 aromatic rings. The standard InChI is InChI=1S/C3H8N2OS2/c1-4-5-3(7)8(2)6/h4H,1-2H3,(H,5,7). The first-order chi connectivity index (χ1) is 3.68. The van der Waals surface area contributed by atoms with E-state index in [1.807, 2.05) is 0 Å². The molecule has 0 heterocycles. The van der Waals surface area contributed by atoms with Crippen LogP contribution in [0, 0.1) is 0 Å². The van der Waals surface area contributed by atoms with Gasteiger partial charge in [0.25, 0.3) is 0 Å². The zero-order valence-corrected chi connectivity index (χ0v) is 6.36. The minimum atomic E-state index is -1.05. The molecule has 0 fully saturated rings. The molecular weight excluding hydrogens is 144 g/mol. The van der Waals surface area contributed by atoms with Gasteiger partial charge in [0, 0.05) is 13.3 Å². The van der Waals surface area contributed by atoms with E-state index in [0.29, 0.717) is 4.32 Å². The molecule has 0 aromatic carbocycles. The van der Waals surface area contributed by atoms with Crippen molar-refractivity contribution in [1.29, 1.82) is 0 Å². The number of thiocarbonyl (C=S) groups is 1. The second kappa shape index (κ2) is 3.94. The summed E-state index contributed by atoms with van der Waals surface area (Å²) in [6.07, 6.45) is 1.52. The SMILES string of the molecule is CNNC(=S)S(C)=O. The van der Waals surface area contributed by atoms with Gasteiger partial charge < -0.3 is 5.43 Å². The number of rotatable bonds is 1. The summed E-state index contributed by atoms with van der Waals surface area (Å²) in [6, 6.07) is 0. The van der Waals surface area contributed by atoms with E-state index in [1.165, 1.54) is 6.26 Å². The van der Waals surface area contributed by atoms with Crippen molar-refractivity contribution in [1.82, 2.24) is 10.9 Å².